The van der Waals surface area contributed by atoms with E-state index in [0.717, 1.165) is 5.56 Å². The second kappa shape index (κ2) is 7.33. The van der Waals surface area contributed by atoms with Gasteiger partial charge in [0.2, 0.25) is 5.91 Å². The van der Waals surface area contributed by atoms with Gasteiger partial charge in [-0.2, -0.15) is 0 Å². The highest BCUT2D eigenvalue weighted by Crippen LogP contribution is 2.41. The first kappa shape index (κ1) is 20.0. The van der Waals surface area contributed by atoms with Gasteiger partial charge in [0.1, 0.15) is 10.6 Å². The normalized spacial score (nSPS) is 16.2. The number of amides is 1. The molecule has 0 fully saturated rings. The van der Waals surface area contributed by atoms with E-state index in [-0.39, 0.29) is 22.5 Å². The summed E-state index contributed by atoms with van der Waals surface area (Å²) in [5.41, 5.74) is 1.43. The van der Waals surface area contributed by atoms with Crippen LogP contribution in [0.5, 0.6) is 5.75 Å². The quantitative estimate of drug-likeness (QED) is 0.722. The molecule has 0 saturated carbocycles. The van der Waals surface area contributed by atoms with Crippen LogP contribution in [0.1, 0.15) is 19.4 Å². The lowest BCUT2D eigenvalue weighted by Crippen LogP contribution is -2.34. The highest BCUT2D eigenvalue weighted by molar-refractivity contribution is 9.10. The van der Waals surface area contributed by atoms with Crippen molar-refractivity contribution in [3.05, 3.63) is 45.4 Å². The van der Waals surface area contributed by atoms with Crippen molar-refractivity contribution in [3.63, 3.8) is 0 Å². The number of benzene rings is 2. The van der Waals surface area contributed by atoms with Crippen molar-refractivity contribution in [2.45, 2.75) is 31.2 Å². The van der Waals surface area contributed by atoms with Gasteiger partial charge in [0, 0.05) is 22.5 Å². The number of hydrogen-bond donors (Lipinski definition) is 1. The third-order valence-electron chi connectivity index (χ3n) is 4.35. The number of methoxy groups -OCH3 is 1. The average molecular weight is 474 g/mol. The van der Waals surface area contributed by atoms with Crippen LogP contribution in [0.2, 0.25) is 5.02 Å². The average Bonchev–Trinajstić information content (AvgIpc) is 2.89. The number of fused-ring (bicyclic) bond motifs is 1. The molecular weight excluding hydrogens is 456 g/mol. The maximum Gasteiger partial charge on any atom is 0.264 e. The predicted octanol–water partition coefficient (Wildman–Crippen LogP) is 4.21. The van der Waals surface area contributed by atoms with Crippen molar-refractivity contribution < 1.29 is 17.9 Å². The van der Waals surface area contributed by atoms with E-state index in [1.54, 1.807) is 12.1 Å². The first-order valence-electron chi connectivity index (χ1n) is 8.12. The summed E-state index contributed by atoms with van der Waals surface area (Å²) >= 11 is 9.37. The number of ether oxygens (including phenoxy) is 1. The number of anilines is 2. The molecule has 2 aromatic carbocycles. The lowest BCUT2D eigenvalue weighted by Gasteiger charge is -2.23. The van der Waals surface area contributed by atoms with Crippen molar-refractivity contribution in [2.75, 3.05) is 16.7 Å². The monoisotopic (exact) mass is 472 g/mol. The molecule has 9 heteroatoms. The summed E-state index contributed by atoms with van der Waals surface area (Å²) in [6.07, 6.45) is 0.581. The maximum absolute atomic E-state index is 13.2. The second-order valence-corrected chi connectivity index (χ2v) is 9.31. The number of halogens is 2. The van der Waals surface area contributed by atoms with Gasteiger partial charge in [-0.1, -0.05) is 27.5 Å². The van der Waals surface area contributed by atoms with E-state index in [0.29, 0.717) is 27.4 Å². The smallest absolute Gasteiger partial charge is 0.264 e. The van der Waals surface area contributed by atoms with E-state index in [2.05, 4.69) is 20.7 Å². The van der Waals surface area contributed by atoms with E-state index in [1.807, 2.05) is 13.0 Å². The van der Waals surface area contributed by atoms with Gasteiger partial charge in [0.15, 0.2) is 0 Å². The summed E-state index contributed by atoms with van der Waals surface area (Å²) in [7, 11) is -2.57. The maximum atomic E-state index is 13.2. The summed E-state index contributed by atoms with van der Waals surface area (Å²) in [6, 6.07) is 7.87. The van der Waals surface area contributed by atoms with Gasteiger partial charge in [0.05, 0.1) is 18.5 Å². The minimum atomic E-state index is -4.01. The highest BCUT2D eigenvalue weighted by Gasteiger charge is 2.35. The van der Waals surface area contributed by atoms with Gasteiger partial charge >= 0.3 is 0 Å². The van der Waals surface area contributed by atoms with Gasteiger partial charge in [-0.3, -0.25) is 9.52 Å². The lowest BCUT2D eigenvalue weighted by atomic mass is 10.1. The van der Waals surface area contributed by atoms with Crippen LogP contribution in [0.4, 0.5) is 11.4 Å². The molecule has 1 amide bonds. The molecule has 3 rings (SSSR count). The Labute approximate surface area is 171 Å². The first-order valence-corrected chi connectivity index (χ1v) is 10.8. The molecule has 0 spiro atoms. The van der Waals surface area contributed by atoms with Gasteiger partial charge < -0.3 is 9.64 Å². The molecule has 0 saturated heterocycles. The van der Waals surface area contributed by atoms with Crippen LogP contribution in [0.25, 0.3) is 0 Å². The summed E-state index contributed by atoms with van der Waals surface area (Å²) in [4.78, 5) is 13.7. The Kier molecular flexibility index (Phi) is 5.42. The van der Waals surface area contributed by atoms with Crippen LogP contribution in [0.3, 0.4) is 0 Å². The number of carbonyl (C=O) groups is 1. The first-order chi connectivity index (χ1) is 12.6. The number of carbonyl (C=O) groups excluding carboxylic acids is 1. The molecule has 0 radical (unpaired) electrons. The Morgan fingerprint density at radius 3 is 2.67 bits per heavy atom. The fourth-order valence-corrected chi connectivity index (χ4v) is 5.47. The van der Waals surface area contributed by atoms with Gasteiger partial charge in [0.25, 0.3) is 10.0 Å². The molecule has 1 aliphatic heterocycles. The minimum Gasteiger partial charge on any atom is -0.495 e. The highest BCUT2D eigenvalue weighted by atomic mass is 79.9. The summed E-state index contributed by atoms with van der Waals surface area (Å²) < 4.78 is 34.8. The molecule has 6 nitrogen and oxygen atoms in total. The molecule has 1 unspecified atom stereocenters. The van der Waals surface area contributed by atoms with Gasteiger partial charge in [-0.25, -0.2) is 8.42 Å². The van der Waals surface area contributed by atoms with Crippen LogP contribution >= 0.6 is 27.5 Å². The molecule has 0 bridgehead atoms. The van der Waals surface area contributed by atoms with E-state index in [4.69, 9.17) is 16.3 Å². The molecule has 2 aromatic rings. The van der Waals surface area contributed by atoms with Gasteiger partial charge in [-0.05, 0) is 49.2 Å². The van der Waals surface area contributed by atoms with Crippen LogP contribution in [-0.2, 0) is 21.2 Å². The summed E-state index contributed by atoms with van der Waals surface area (Å²) in [5.74, 6) is 0.131. The Balaban J connectivity index is 2.14. The largest absolute Gasteiger partial charge is 0.495 e. The van der Waals surface area contributed by atoms with E-state index < -0.39 is 10.0 Å². The summed E-state index contributed by atoms with van der Waals surface area (Å²) in [5, 5.41) is 0.368. The second-order valence-electron chi connectivity index (χ2n) is 6.30. The Morgan fingerprint density at radius 2 is 2.04 bits per heavy atom. The number of nitrogens with zero attached hydrogens (tertiary/aromatic N) is 1. The zero-order chi connectivity index (χ0) is 19.9. The van der Waals surface area contributed by atoms with Crippen LogP contribution in [-0.4, -0.2) is 27.5 Å². The molecule has 0 aromatic heterocycles. The van der Waals surface area contributed by atoms with Crippen molar-refractivity contribution >= 4 is 54.8 Å². The molecule has 27 heavy (non-hydrogen) atoms. The zero-order valence-corrected chi connectivity index (χ0v) is 18.1. The third-order valence-corrected chi connectivity index (χ3v) is 6.42. The molecule has 1 atom stereocenters. The molecule has 1 aliphatic rings. The minimum absolute atomic E-state index is 0.0217. The van der Waals surface area contributed by atoms with Crippen molar-refractivity contribution in [2.24, 2.45) is 0 Å². The summed E-state index contributed by atoms with van der Waals surface area (Å²) in [6.45, 7) is 3.32. The topological polar surface area (TPSA) is 75.7 Å². The Morgan fingerprint density at radius 1 is 1.33 bits per heavy atom. The lowest BCUT2D eigenvalue weighted by molar-refractivity contribution is -0.116. The molecule has 1 N–H and O–H groups in total. The Bertz CT molecular complexity index is 1030. The molecular formula is C18H18BrClN2O4S. The van der Waals surface area contributed by atoms with Crippen LogP contribution < -0.4 is 14.4 Å². The molecule has 144 valence electrons. The van der Waals surface area contributed by atoms with Crippen molar-refractivity contribution in [1.82, 2.24) is 0 Å². The number of nitrogens with one attached hydrogen (secondary N) is 1. The van der Waals surface area contributed by atoms with E-state index in [1.165, 1.54) is 31.1 Å². The third kappa shape index (κ3) is 3.79. The number of sulfonamides is 1. The number of hydrogen-bond acceptors (Lipinski definition) is 4. The Hall–Kier alpha value is -1.77. The van der Waals surface area contributed by atoms with Crippen molar-refractivity contribution in [1.29, 1.82) is 0 Å². The van der Waals surface area contributed by atoms with E-state index in [9.17, 15) is 13.2 Å². The zero-order valence-electron chi connectivity index (χ0n) is 14.9. The standard InChI is InChI=1S/C18H18BrClN2O4S/c1-10-6-12-7-13(19)8-17(18(12)22(10)11(2)23)27(24,25)21-15-9-14(20)4-5-16(15)26-3/h4-5,7-10,21H,6H2,1-3H3. The van der Waals surface area contributed by atoms with E-state index >= 15 is 0 Å². The fourth-order valence-electron chi connectivity index (χ4n) is 3.32. The van der Waals surface area contributed by atoms with Crippen LogP contribution in [0, 0.1) is 0 Å². The molecule has 0 aliphatic carbocycles. The van der Waals surface area contributed by atoms with Crippen molar-refractivity contribution in [3.8, 4) is 5.75 Å². The predicted molar refractivity (Wildman–Crippen MR) is 109 cm³/mol. The van der Waals surface area contributed by atoms with Gasteiger partial charge in [-0.15, -0.1) is 0 Å². The fraction of sp³-hybridized carbons (Fsp3) is 0.278. The molecule has 1 heterocycles. The SMILES string of the molecule is COc1ccc(Cl)cc1NS(=O)(=O)c1cc(Br)cc2c1N(C(C)=O)C(C)C2. The number of rotatable bonds is 4. The van der Waals surface area contributed by atoms with Crippen LogP contribution in [0.15, 0.2) is 39.7 Å².